The van der Waals surface area contributed by atoms with E-state index in [2.05, 4.69) is 25.5 Å². The Labute approximate surface area is 106 Å². The van der Waals surface area contributed by atoms with Crippen LogP contribution in [0.2, 0.25) is 0 Å². The van der Waals surface area contributed by atoms with E-state index < -0.39 is 0 Å². The third-order valence-corrected chi connectivity index (χ3v) is 2.42. The second-order valence-corrected chi connectivity index (χ2v) is 4.18. The number of hydrogen-bond acceptors (Lipinski definition) is 6. The van der Waals surface area contributed by atoms with Gasteiger partial charge in [0.1, 0.15) is 0 Å². The zero-order chi connectivity index (χ0) is 13.4. The third-order valence-electron chi connectivity index (χ3n) is 2.42. The van der Waals surface area contributed by atoms with Crippen molar-refractivity contribution in [1.82, 2.24) is 30.4 Å². The summed E-state index contributed by atoms with van der Waals surface area (Å²) in [5.74, 6) is -0.129. The Morgan fingerprint density at radius 2 is 2.11 bits per heavy atom. The van der Waals surface area contributed by atoms with Crippen LogP contribution in [0.15, 0.2) is 0 Å². The number of nitrogens with zero attached hydrogens (tertiary/aromatic N) is 5. The standard InChI is InChI=1S/C10H20N6O2/c1-15(2)5-4-6-16(7-8-18-3)10(17)9-11-13-14-12-9/h4-8H2,1-3H3,(H,11,12,13,14). The molecule has 18 heavy (non-hydrogen) atoms. The SMILES string of the molecule is COCCN(CCCN(C)C)C(=O)c1nn[nH]n1. The number of tetrazole rings is 1. The maximum Gasteiger partial charge on any atom is 0.295 e. The van der Waals surface area contributed by atoms with Gasteiger partial charge in [-0.05, 0) is 32.3 Å². The molecule has 0 saturated carbocycles. The minimum absolute atomic E-state index is 0.0935. The smallest absolute Gasteiger partial charge is 0.295 e. The van der Waals surface area contributed by atoms with E-state index in [1.807, 2.05) is 14.1 Å². The minimum atomic E-state index is -0.223. The zero-order valence-corrected chi connectivity index (χ0v) is 11.1. The minimum Gasteiger partial charge on any atom is -0.383 e. The van der Waals surface area contributed by atoms with E-state index >= 15 is 0 Å². The first kappa shape index (κ1) is 14.5. The summed E-state index contributed by atoms with van der Waals surface area (Å²) in [6, 6.07) is 0. The molecule has 0 radical (unpaired) electrons. The Bertz CT molecular complexity index is 340. The molecule has 0 unspecified atom stereocenters. The summed E-state index contributed by atoms with van der Waals surface area (Å²) >= 11 is 0. The molecular weight excluding hydrogens is 236 g/mol. The molecule has 8 nitrogen and oxygen atoms in total. The lowest BCUT2D eigenvalue weighted by Crippen LogP contribution is -2.36. The van der Waals surface area contributed by atoms with Gasteiger partial charge < -0.3 is 14.5 Å². The predicted molar refractivity (Wildman–Crippen MR) is 65.1 cm³/mol. The van der Waals surface area contributed by atoms with E-state index in [4.69, 9.17) is 4.74 Å². The van der Waals surface area contributed by atoms with E-state index in [0.717, 1.165) is 13.0 Å². The number of ether oxygens (including phenoxy) is 1. The van der Waals surface area contributed by atoms with E-state index in [1.54, 1.807) is 12.0 Å². The van der Waals surface area contributed by atoms with Crippen LogP contribution < -0.4 is 0 Å². The van der Waals surface area contributed by atoms with Crippen LogP contribution in [0.4, 0.5) is 0 Å². The number of aromatic amines is 1. The van der Waals surface area contributed by atoms with Gasteiger partial charge in [-0.3, -0.25) is 4.79 Å². The number of methoxy groups -OCH3 is 1. The molecule has 1 amide bonds. The van der Waals surface area contributed by atoms with Gasteiger partial charge in [-0.15, -0.1) is 10.2 Å². The van der Waals surface area contributed by atoms with Gasteiger partial charge in [0, 0.05) is 20.2 Å². The predicted octanol–water partition coefficient (Wildman–Crippen LogP) is -0.760. The summed E-state index contributed by atoms with van der Waals surface area (Å²) in [6.45, 7) is 2.58. The molecule has 8 heteroatoms. The molecule has 1 heterocycles. The van der Waals surface area contributed by atoms with Crippen LogP contribution in [0.5, 0.6) is 0 Å². The lowest BCUT2D eigenvalue weighted by Gasteiger charge is -2.21. The van der Waals surface area contributed by atoms with E-state index in [9.17, 15) is 4.79 Å². The number of amides is 1. The van der Waals surface area contributed by atoms with Crippen molar-refractivity contribution < 1.29 is 9.53 Å². The largest absolute Gasteiger partial charge is 0.383 e. The van der Waals surface area contributed by atoms with Crippen LogP contribution in [0, 0.1) is 0 Å². The number of rotatable bonds is 8. The lowest BCUT2D eigenvalue weighted by molar-refractivity contribution is 0.0677. The van der Waals surface area contributed by atoms with Crippen LogP contribution in [0.3, 0.4) is 0 Å². The van der Waals surface area contributed by atoms with Gasteiger partial charge in [0.15, 0.2) is 0 Å². The highest BCUT2D eigenvalue weighted by molar-refractivity contribution is 5.90. The summed E-state index contributed by atoms with van der Waals surface area (Å²) in [5.41, 5.74) is 0. The van der Waals surface area contributed by atoms with E-state index in [0.29, 0.717) is 19.7 Å². The van der Waals surface area contributed by atoms with Crippen LogP contribution in [-0.2, 0) is 4.74 Å². The number of hydrogen-bond donors (Lipinski definition) is 1. The fourth-order valence-electron chi connectivity index (χ4n) is 1.49. The highest BCUT2D eigenvalue weighted by atomic mass is 16.5. The van der Waals surface area contributed by atoms with Crippen LogP contribution in [-0.4, -0.2) is 83.8 Å². The zero-order valence-electron chi connectivity index (χ0n) is 11.1. The normalized spacial score (nSPS) is 10.9. The van der Waals surface area contributed by atoms with Crippen LogP contribution >= 0.6 is 0 Å². The molecule has 102 valence electrons. The lowest BCUT2D eigenvalue weighted by atomic mass is 10.3. The molecule has 1 aromatic heterocycles. The molecule has 1 aromatic rings. The number of carbonyl (C=O) groups excluding carboxylic acids is 1. The molecular formula is C10H20N6O2. The number of nitrogens with one attached hydrogen (secondary N) is 1. The Balaban J connectivity index is 2.51. The Morgan fingerprint density at radius 1 is 1.33 bits per heavy atom. The van der Waals surface area contributed by atoms with Gasteiger partial charge >= 0.3 is 0 Å². The summed E-state index contributed by atoms with van der Waals surface area (Å²) in [4.78, 5) is 15.8. The second-order valence-electron chi connectivity index (χ2n) is 4.18. The van der Waals surface area contributed by atoms with Gasteiger partial charge in [0.2, 0.25) is 0 Å². The maximum absolute atomic E-state index is 12.1. The van der Waals surface area contributed by atoms with Crippen molar-refractivity contribution in [3.05, 3.63) is 5.82 Å². The quantitative estimate of drug-likeness (QED) is 0.658. The Kier molecular flexibility index (Phi) is 6.23. The molecule has 0 aliphatic rings. The van der Waals surface area contributed by atoms with Gasteiger partial charge in [-0.25, -0.2) is 0 Å². The van der Waals surface area contributed by atoms with Crippen LogP contribution in [0.1, 0.15) is 17.0 Å². The average Bonchev–Trinajstić information content (AvgIpc) is 2.86. The summed E-state index contributed by atoms with van der Waals surface area (Å²) in [6.07, 6.45) is 0.889. The number of H-pyrrole nitrogens is 1. The third kappa shape index (κ3) is 4.76. The maximum atomic E-state index is 12.1. The highest BCUT2D eigenvalue weighted by Crippen LogP contribution is 1.99. The van der Waals surface area contributed by atoms with Crippen molar-refractivity contribution in [3.8, 4) is 0 Å². The first-order valence-corrected chi connectivity index (χ1v) is 5.81. The molecule has 0 bridgehead atoms. The fourth-order valence-corrected chi connectivity index (χ4v) is 1.49. The van der Waals surface area contributed by atoms with Gasteiger partial charge in [0.25, 0.3) is 11.7 Å². The van der Waals surface area contributed by atoms with Crippen molar-refractivity contribution in [2.75, 3.05) is 47.4 Å². The van der Waals surface area contributed by atoms with Gasteiger partial charge in [-0.2, -0.15) is 5.21 Å². The van der Waals surface area contributed by atoms with E-state index in [1.165, 1.54) is 0 Å². The molecule has 1 N–H and O–H groups in total. The first-order chi connectivity index (χ1) is 8.65. The Hall–Kier alpha value is -1.54. The molecule has 0 aromatic carbocycles. The summed E-state index contributed by atoms with van der Waals surface area (Å²) in [7, 11) is 5.61. The number of aromatic nitrogens is 4. The molecule has 1 rings (SSSR count). The van der Waals surface area contributed by atoms with E-state index in [-0.39, 0.29) is 11.7 Å². The van der Waals surface area contributed by atoms with Gasteiger partial charge in [0.05, 0.1) is 6.61 Å². The molecule has 0 fully saturated rings. The molecule has 0 aliphatic carbocycles. The number of carbonyl (C=O) groups is 1. The second kappa shape index (κ2) is 7.72. The van der Waals surface area contributed by atoms with Crippen molar-refractivity contribution in [1.29, 1.82) is 0 Å². The summed E-state index contributed by atoms with van der Waals surface area (Å²) < 4.78 is 5.00. The first-order valence-electron chi connectivity index (χ1n) is 5.81. The van der Waals surface area contributed by atoms with Crippen LogP contribution in [0.25, 0.3) is 0 Å². The molecule has 0 saturated heterocycles. The topological polar surface area (TPSA) is 87.2 Å². The van der Waals surface area contributed by atoms with Crippen molar-refractivity contribution in [2.24, 2.45) is 0 Å². The van der Waals surface area contributed by atoms with Crippen molar-refractivity contribution in [3.63, 3.8) is 0 Å². The summed E-state index contributed by atoms with van der Waals surface area (Å²) in [5, 5.41) is 13.1. The average molecular weight is 256 g/mol. The Morgan fingerprint density at radius 3 is 2.67 bits per heavy atom. The highest BCUT2D eigenvalue weighted by Gasteiger charge is 2.19. The van der Waals surface area contributed by atoms with Gasteiger partial charge in [-0.1, -0.05) is 0 Å². The molecule has 0 aliphatic heterocycles. The fraction of sp³-hybridized carbons (Fsp3) is 0.800. The molecule has 0 atom stereocenters. The monoisotopic (exact) mass is 256 g/mol. The van der Waals surface area contributed by atoms with Crippen molar-refractivity contribution >= 4 is 5.91 Å². The molecule has 0 spiro atoms. The van der Waals surface area contributed by atoms with Crippen molar-refractivity contribution in [2.45, 2.75) is 6.42 Å².